The molecule has 0 rings (SSSR count). The molecule has 0 aliphatic heterocycles. The van der Waals surface area contributed by atoms with E-state index in [1.165, 1.54) is 12.2 Å². The summed E-state index contributed by atoms with van der Waals surface area (Å²) >= 11 is 0. The van der Waals surface area contributed by atoms with E-state index < -0.39 is 0 Å². The molecule has 0 N–H and O–H groups in total. The Balaban J connectivity index is 0. The van der Waals surface area contributed by atoms with Gasteiger partial charge in [0.2, 0.25) is 0 Å². The van der Waals surface area contributed by atoms with Gasteiger partial charge < -0.3 is 25.3 Å². The molecule has 0 amide bonds. The Morgan fingerprint density at radius 1 is 1.00 bits per heavy atom. The fraction of sp³-hybridized carbons (Fsp3) is 0. The van der Waals surface area contributed by atoms with Gasteiger partial charge in [-0.05, 0) is 0 Å². The van der Waals surface area contributed by atoms with Gasteiger partial charge in [-0.1, -0.05) is 0 Å². The van der Waals surface area contributed by atoms with Crippen LogP contribution in [-0.2, 0) is 20.1 Å². The van der Waals surface area contributed by atoms with E-state index in [9.17, 15) is 0 Å². The Bertz CT molecular complexity index is 24.6. The molecule has 1 heteroatoms. The van der Waals surface area contributed by atoms with E-state index in [4.69, 9.17) is 13.2 Å². The summed E-state index contributed by atoms with van der Waals surface area (Å²) in [6.45, 7) is 9.44. The second-order valence-electron chi connectivity index (χ2n) is 0.385. The molecule has 0 aromatic carbocycles. The largest absolute Gasteiger partial charge is 0.394 e. The summed E-state index contributed by atoms with van der Waals surface area (Å²) in [5.41, 5.74) is 0. The molecule has 5 heavy (non-hydrogen) atoms. The summed E-state index contributed by atoms with van der Waals surface area (Å²) in [7, 11) is 0. The molecule has 0 nitrogen and oxygen atoms in total. The zero-order valence-corrected chi connectivity index (χ0v) is 5.04. The van der Waals surface area contributed by atoms with Crippen LogP contribution in [0.3, 0.4) is 0 Å². The minimum Gasteiger partial charge on any atom is -0.394 e. The Kier molecular flexibility index (Phi) is 15.9. The average Bonchev–Trinajstić information content (AvgIpc) is 1.37. The second kappa shape index (κ2) is 8.92. The number of allylic oxidation sites excluding steroid dienone is 2. The maximum atomic E-state index is 4.72. The van der Waals surface area contributed by atoms with Crippen molar-refractivity contribution in [1.82, 2.24) is 0 Å². The van der Waals surface area contributed by atoms with Gasteiger partial charge in [-0.15, -0.1) is 0 Å². The topological polar surface area (TPSA) is 0 Å². The molecule has 0 saturated carbocycles. The van der Waals surface area contributed by atoms with Crippen molar-refractivity contribution in [3.63, 3.8) is 0 Å². The van der Waals surface area contributed by atoms with Crippen molar-refractivity contribution in [2.24, 2.45) is 0 Å². The van der Waals surface area contributed by atoms with E-state index >= 15 is 0 Å². The standard InChI is InChI=1S/C4H4.Ir/c1-3-4-2;/h1-4H;/q-2;. The predicted molar refractivity (Wildman–Crippen MR) is 17.7 cm³/mol. The van der Waals surface area contributed by atoms with E-state index in [0.717, 1.165) is 0 Å². The first-order valence-corrected chi connectivity index (χ1v) is 1.00. The normalized spacial score (nSPS) is 4.00. The third-order valence-corrected chi connectivity index (χ3v) is 0.111. The van der Waals surface area contributed by atoms with Gasteiger partial charge in [0.15, 0.2) is 0 Å². The van der Waals surface area contributed by atoms with Crippen molar-refractivity contribution in [3.8, 4) is 0 Å². The fourth-order valence-corrected chi connectivity index (χ4v) is 0. The van der Waals surface area contributed by atoms with Crippen LogP contribution in [0.25, 0.3) is 0 Å². The molecule has 0 fully saturated rings. The Morgan fingerprint density at radius 3 is 1.20 bits per heavy atom. The van der Waals surface area contributed by atoms with Crippen LogP contribution in [0.1, 0.15) is 0 Å². The molecule has 0 aromatic rings. The zero-order chi connectivity index (χ0) is 3.41. The van der Waals surface area contributed by atoms with Crippen LogP contribution in [0, 0.1) is 13.2 Å². The van der Waals surface area contributed by atoms with E-state index in [1.54, 1.807) is 0 Å². The van der Waals surface area contributed by atoms with Gasteiger partial charge in [0.25, 0.3) is 0 Å². The fourth-order valence-electron chi connectivity index (χ4n) is 0. The molecule has 0 aliphatic rings. The summed E-state index contributed by atoms with van der Waals surface area (Å²) < 4.78 is 0. The van der Waals surface area contributed by atoms with Crippen LogP contribution in [0.5, 0.6) is 0 Å². The summed E-state index contributed by atoms with van der Waals surface area (Å²) in [5, 5.41) is 0. The van der Waals surface area contributed by atoms with Crippen molar-refractivity contribution in [2.75, 3.05) is 0 Å². The van der Waals surface area contributed by atoms with Gasteiger partial charge in [-0.25, -0.2) is 0 Å². The smallest absolute Gasteiger partial charge is 0 e. The molecular formula is C4H4Ir-2. The molecule has 31 valence electrons. The molecule has 0 atom stereocenters. The van der Waals surface area contributed by atoms with Gasteiger partial charge in [-0.2, -0.15) is 0 Å². The summed E-state index contributed by atoms with van der Waals surface area (Å²) in [5.74, 6) is 0. The van der Waals surface area contributed by atoms with E-state index in [0.29, 0.717) is 0 Å². The molecule has 0 unspecified atom stereocenters. The van der Waals surface area contributed by atoms with Gasteiger partial charge in [0.1, 0.15) is 0 Å². The number of hydrogen-bond acceptors (Lipinski definition) is 0. The number of hydrogen-bond donors (Lipinski definition) is 0. The zero-order valence-electron chi connectivity index (χ0n) is 2.64. The van der Waals surface area contributed by atoms with Crippen LogP contribution in [0.4, 0.5) is 0 Å². The van der Waals surface area contributed by atoms with Gasteiger partial charge in [0, 0.05) is 20.1 Å². The monoisotopic (exact) mass is 245 g/mol. The van der Waals surface area contributed by atoms with Crippen molar-refractivity contribution in [1.29, 1.82) is 0 Å². The third-order valence-electron chi connectivity index (χ3n) is 0.111. The summed E-state index contributed by atoms with van der Waals surface area (Å²) in [6.07, 6.45) is 2.56. The van der Waals surface area contributed by atoms with Crippen LogP contribution < -0.4 is 0 Å². The Hall–Kier alpha value is 0.129. The van der Waals surface area contributed by atoms with E-state index in [2.05, 4.69) is 0 Å². The third kappa shape index (κ3) is 14.7. The maximum Gasteiger partial charge on any atom is 0 e. The van der Waals surface area contributed by atoms with Gasteiger partial charge in [-0.3, -0.25) is 0 Å². The van der Waals surface area contributed by atoms with Crippen molar-refractivity contribution in [2.45, 2.75) is 0 Å². The molecule has 0 heterocycles. The quantitative estimate of drug-likeness (QED) is 0.476. The number of rotatable bonds is 1. The Labute approximate surface area is 45.9 Å². The summed E-state index contributed by atoms with van der Waals surface area (Å²) in [4.78, 5) is 0. The Morgan fingerprint density at radius 2 is 1.20 bits per heavy atom. The molecular weight excluding hydrogens is 240 g/mol. The summed E-state index contributed by atoms with van der Waals surface area (Å²) in [6, 6.07) is 0. The van der Waals surface area contributed by atoms with Crippen molar-refractivity contribution < 1.29 is 20.1 Å². The second-order valence-corrected chi connectivity index (χ2v) is 0.385. The van der Waals surface area contributed by atoms with Gasteiger partial charge in [0.05, 0.1) is 0 Å². The van der Waals surface area contributed by atoms with Crippen LogP contribution in [0.15, 0.2) is 12.2 Å². The van der Waals surface area contributed by atoms with Crippen LogP contribution in [0.2, 0.25) is 0 Å². The van der Waals surface area contributed by atoms with Gasteiger partial charge >= 0.3 is 0 Å². The molecule has 0 aliphatic carbocycles. The molecule has 0 saturated heterocycles. The first-order valence-electron chi connectivity index (χ1n) is 1.00. The minimum atomic E-state index is 0. The van der Waals surface area contributed by atoms with E-state index in [1.807, 2.05) is 0 Å². The molecule has 0 spiro atoms. The van der Waals surface area contributed by atoms with Crippen LogP contribution in [-0.4, -0.2) is 0 Å². The van der Waals surface area contributed by atoms with E-state index in [-0.39, 0.29) is 20.1 Å². The minimum absolute atomic E-state index is 0. The first kappa shape index (κ1) is 8.93. The first-order chi connectivity index (χ1) is 1.91. The molecule has 0 bridgehead atoms. The average molecular weight is 244 g/mol. The predicted octanol–water partition coefficient (Wildman–Crippen LogP) is 0.962. The molecule has 0 aromatic heterocycles. The maximum absolute atomic E-state index is 4.72. The van der Waals surface area contributed by atoms with Crippen molar-refractivity contribution in [3.05, 3.63) is 25.3 Å². The van der Waals surface area contributed by atoms with Crippen molar-refractivity contribution >= 4 is 0 Å². The van der Waals surface area contributed by atoms with Crippen LogP contribution >= 0.6 is 0 Å². The molecule has 1 radical (unpaired) electrons. The SMILES string of the molecule is [CH-]=CC=[CH-].[Ir].